The molecule has 0 bridgehead atoms. The molecule has 0 atom stereocenters. The minimum atomic E-state index is 0.538. The van der Waals surface area contributed by atoms with Crippen LogP contribution >= 0.6 is 0 Å². The van der Waals surface area contributed by atoms with Crippen LogP contribution in [0.5, 0.6) is 0 Å². The van der Waals surface area contributed by atoms with Crippen LogP contribution in [0.2, 0.25) is 0 Å². The Morgan fingerprint density at radius 3 is 2.05 bits per heavy atom. The Morgan fingerprint density at radius 2 is 1.48 bits per heavy atom. The molecule has 0 spiro atoms. The van der Waals surface area contributed by atoms with Crippen molar-refractivity contribution >= 4 is 0 Å². The normalized spacial score (nSPS) is 11.8. The lowest BCUT2D eigenvalue weighted by Crippen LogP contribution is -2.31. The third kappa shape index (κ3) is 8.20. The van der Waals surface area contributed by atoms with E-state index in [4.69, 9.17) is 0 Å². The molecule has 0 radical (unpaired) electrons. The third-order valence-electron chi connectivity index (χ3n) is 3.66. The van der Waals surface area contributed by atoms with E-state index in [1.165, 1.54) is 24.1 Å². The van der Waals surface area contributed by atoms with Crippen LogP contribution in [0.3, 0.4) is 0 Å². The Kier molecular flexibility index (Phi) is 8.58. The Bertz CT molecular complexity index is 373. The molecular formula is C18H33N3. The molecule has 0 saturated heterocycles. The van der Waals surface area contributed by atoms with Gasteiger partial charge in [-0.25, -0.2) is 0 Å². The summed E-state index contributed by atoms with van der Waals surface area (Å²) in [6.07, 6.45) is 1.23. The average molecular weight is 291 g/mol. The second-order valence-corrected chi connectivity index (χ2v) is 6.39. The Hall–Kier alpha value is -0.900. The van der Waals surface area contributed by atoms with Gasteiger partial charge in [0.2, 0.25) is 0 Å². The minimum Gasteiger partial charge on any atom is -0.310 e. The first-order valence-corrected chi connectivity index (χ1v) is 8.19. The van der Waals surface area contributed by atoms with Crippen molar-refractivity contribution in [2.45, 2.75) is 46.3 Å². The molecule has 0 aromatic heterocycles. The monoisotopic (exact) mass is 291 g/mol. The van der Waals surface area contributed by atoms with Crippen molar-refractivity contribution in [2.24, 2.45) is 0 Å². The fourth-order valence-electron chi connectivity index (χ4n) is 2.31. The second-order valence-electron chi connectivity index (χ2n) is 6.39. The quantitative estimate of drug-likeness (QED) is 0.715. The van der Waals surface area contributed by atoms with E-state index in [0.29, 0.717) is 6.04 Å². The molecule has 0 amide bonds. The van der Waals surface area contributed by atoms with Gasteiger partial charge in [-0.3, -0.25) is 0 Å². The number of rotatable bonds is 10. The van der Waals surface area contributed by atoms with Crippen LogP contribution in [0.15, 0.2) is 24.3 Å². The summed E-state index contributed by atoms with van der Waals surface area (Å²) in [5.74, 6) is 0. The Labute approximate surface area is 131 Å². The highest BCUT2D eigenvalue weighted by atomic mass is 15.2. The summed E-state index contributed by atoms with van der Waals surface area (Å²) < 4.78 is 0. The molecule has 0 heterocycles. The van der Waals surface area contributed by atoms with Crippen molar-refractivity contribution in [2.75, 3.05) is 33.7 Å². The van der Waals surface area contributed by atoms with Gasteiger partial charge in [-0.15, -0.1) is 0 Å². The van der Waals surface area contributed by atoms with E-state index >= 15 is 0 Å². The molecule has 1 aromatic carbocycles. The molecule has 0 fully saturated rings. The van der Waals surface area contributed by atoms with Gasteiger partial charge >= 0.3 is 0 Å². The molecule has 0 aliphatic rings. The number of hydrogen-bond acceptors (Lipinski definition) is 3. The van der Waals surface area contributed by atoms with Gasteiger partial charge in [0, 0.05) is 32.2 Å². The first kappa shape index (κ1) is 18.1. The van der Waals surface area contributed by atoms with Crippen molar-refractivity contribution in [3.8, 4) is 0 Å². The maximum atomic E-state index is 3.45. The van der Waals surface area contributed by atoms with Crippen molar-refractivity contribution in [1.82, 2.24) is 15.1 Å². The van der Waals surface area contributed by atoms with Gasteiger partial charge in [-0.2, -0.15) is 0 Å². The molecule has 120 valence electrons. The molecule has 3 nitrogen and oxygen atoms in total. The molecule has 0 aliphatic carbocycles. The van der Waals surface area contributed by atoms with Crippen LogP contribution in [0.1, 0.15) is 38.3 Å². The maximum Gasteiger partial charge on any atom is 0.0231 e. The summed E-state index contributed by atoms with van der Waals surface area (Å²) in [5, 5.41) is 3.45. The topological polar surface area (TPSA) is 18.5 Å². The van der Waals surface area contributed by atoms with Crippen molar-refractivity contribution < 1.29 is 0 Å². The van der Waals surface area contributed by atoms with E-state index in [9.17, 15) is 0 Å². The first-order valence-electron chi connectivity index (χ1n) is 8.19. The summed E-state index contributed by atoms with van der Waals surface area (Å²) in [5.41, 5.74) is 2.75. The fourth-order valence-corrected chi connectivity index (χ4v) is 2.31. The molecule has 0 aliphatic heterocycles. The molecule has 1 aromatic rings. The van der Waals surface area contributed by atoms with Crippen molar-refractivity contribution in [1.29, 1.82) is 0 Å². The molecule has 0 unspecified atom stereocenters. The molecule has 21 heavy (non-hydrogen) atoms. The number of nitrogens with one attached hydrogen (secondary N) is 1. The minimum absolute atomic E-state index is 0.538. The highest BCUT2D eigenvalue weighted by Crippen LogP contribution is 2.07. The van der Waals surface area contributed by atoms with Crippen LogP contribution in [-0.4, -0.2) is 49.6 Å². The van der Waals surface area contributed by atoms with E-state index in [1.807, 2.05) is 0 Å². The lowest BCUT2D eigenvalue weighted by atomic mass is 10.1. The van der Waals surface area contributed by atoms with Gasteiger partial charge in [0.05, 0.1) is 0 Å². The fraction of sp³-hybridized carbons (Fsp3) is 0.667. The zero-order valence-corrected chi connectivity index (χ0v) is 14.5. The molecule has 1 N–H and O–H groups in total. The standard InChI is InChI=1S/C18H33N3/c1-6-11-20(4)12-13-21(5)15-18-9-7-17(8-10-18)14-19-16(2)3/h7-10,16,19H,6,11-15H2,1-5H3. The summed E-state index contributed by atoms with van der Waals surface area (Å²) in [6.45, 7) is 12.0. The summed E-state index contributed by atoms with van der Waals surface area (Å²) in [6, 6.07) is 9.52. The molecule has 1 rings (SSSR count). The van der Waals surface area contributed by atoms with E-state index in [0.717, 1.165) is 26.2 Å². The summed E-state index contributed by atoms with van der Waals surface area (Å²) in [7, 11) is 4.40. The van der Waals surface area contributed by atoms with Crippen LogP contribution in [0, 0.1) is 0 Å². The summed E-state index contributed by atoms with van der Waals surface area (Å²) >= 11 is 0. The average Bonchev–Trinajstić information content (AvgIpc) is 2.45. The first-order chi connectivity index (χ1) is 10.0. The largest absolute Gasteiger partial charge is 0.310 e. The predicted molar refractivity (Wildman–Crippen MR) is 92.5 cm³/mol. The zero-order chi connectivity index (χ0) is 15.7. The van der Waals surface area contributed by atoms with Crippen molar-refractivity contribution in [3.05, 3.63) is 35.4 Å². The highest BCUT2D eigenvalue weighted by molar-refractivity contribution is 5.22. The molecular weight excluding hydrogens is 258 g/mol. The lowest BCUT2D eigenvalue weighted by molar-refractivity contribution is 0.252. The predicted octanol–water partition coefficient (Wildman–Crippen LogP) is 2.96. The number of benzene rings is 1. The number of hydrogen-bond donors (Lipinski definition) is 1. The van der Waals surface area contributed by atoms with Gasteiger partial charge in [0.1, 0.15) is 0 Å². The van der Waals surface area contributed by atoms with E-state index < -0.39 is 0 Å². The van der Waals surface area contributed by atoms with Gasteiger partial charge in [0.25, 0.3) is 0 Å². The third-order valence-corrected chi connectivity index (χ3v) is 3.66. The van der Waals surface area contributed by atoms with Gasteiger partial charge in [-0.1, -0.05) is 45.0 Å². The van der Waals surface area contributed by atoms with Gasteiger partial charge in [0.15, 0.2) is 0 Å². The van der Waals surface area contributed by atoms with Gasteiger partial charge < -0.3 is 15.1 Å². The van der Waals surface area contributed by atoms with Crippen LogP contribution in [-0.2, 0) is 13.1 Å². The van der Waals surface area contributed by atoms with Crippen LogP contribution < -0.4 is 5.32 Å². The lowest BCUT2D eigenvalue weighted by Gasteiger charge is -2.21. The van der Waals surface area contributed by atoms with E-state index in [1.54, 1.807) is 0 Å². The van der Waals surface area contributed by atoms with Gasteiger partial charge in [-0.05, 0) is 38.2 Å². The maximum absolute atomic E-state index is 3.45. The highest BCUT2D eigenvalue weighted by Gasteiger charge is 2.03. The SMILES string of the molecule is CCCN(C)CCN(C)Cc1ccc(CNC(C)C)cc1. The number of likely N-dealkylation sites (N-methyl/N-ethyl adjacent to an activating group) is 2. The number of nitrogens with zero attached hydrogens (tertiary/aromatic N) is 2. The van der Waals surface area contributed by atoms with E-state index in [2.05, 4.69) is 74.2 Å². The Balaban J connectivity index is 2.33. The smallest absolute Gasteiger partial charge is 0.0231 e. The Morgan fingerprint density at radius 1 is 0.905 bits per heavy atom. The second kappa shape index (κ2) is 9.93. The van der Waals surface area contributed by atoms with Crippen LogP contribution in [0.4, 0.5) is 0 Å². The van der Waals surface area contributed by atoms with Crippen LogP contribution in [0.25, 0.3) is 0 Å². The molecule has 3 heteroatoms. The zero-order valence-electron chi connectivity index (χ0n) is 14.5. The molecule has 0 saturated carbocycles. The van der Waals surface area contributed by atoms with Crippen molar-refractivity contribution in [3.63, 3.8) is 0 Å². The summed E-state index contributed by atoms with van der Waals surface area (Å²) in [4.78, 5) is 4.80. The van der Waals surface area contributed by atoms with E-state index in [-0.39, 0.29) is 0 Å².